The van der Waals surface area contributed by atoms with Gasteiger partial charge in [-0.2, -0.15) is 0 Å². The second-order valence-electron chi connectivity index (χ2n) is 5.28. The highest BCUT2D eigenvalue weighted by Crippen LogP contribution is 2.15. The van der Waals surface area contributed by atoms with Crippen LogP contribution in [0.15, 0.2) is 0 Å². The maximum absolute atomic E-state index is 11.1. The fraction of sp³-hybridized carbons (Fsp3) is 1.00. The summed E-state index contributed by atoms with van der Waals surface area (Å²) in [6, 6.07) is 0.0641. The van der Waals surface area contributed by atoms with E-state index in [1.807, 2.05) is 6.92 Å². The largest absolute Gasteiger partial charge is 0.313 e. The summed E-state index contributed by atoms with van der Waals surface area (Å²) in [7, 11) is -2.86. The molecule has 1 heterocycles. The van der Waals surface area contributed by atoms with Crippen LogP contribution in [0.5, 0.6) is 0 Å². The first kappa shape index (κ1) is 14.9. The monoisotopic (exact) mass is 262 g/mol. The van der Waals surface area contributed by atoms with E-state index in [0.29, 0.717) is 5.92 Å². The fourth-order valence-corrected chi connectivity index (χ4v) is 3.41. The van der Waals surface area contributed by atoms with Crippen LogP contribution in [0.3, 0.4) is 0 Å². The van der Waals surface area contributed by atoms with Crippen molar-refractivity contribution in [3.63, 3.8) is 0 Å². The molecule has 17 heavy (non-hydrogen) atoms. The Morgan fingerprint density at radius 2 is 1.94 bits per heavy atom. The summed E-state index contributed by atoms with van der Waals surface area (Å²) in [4.78, 5) is 2.47. The Kier molecular flexibility index (Phi) is 5.89. The van der Waals surface area contributed by atoms with Crippen molar-refractivity contribution in [1.82, 2.24) is 10.2 Å². The van der Waals surface area contributed by atoms with Crippen molar-refractivity contribution in [3.8, 4) is 0 Å². The number of hydrogen-bond donors (Lipinski definition) is 1. The standard InChI is InChI=1S/C12H26N2O2S/c1-4-14-7-5-12(6-8-14)9-13-11(2)10-17(3,15)16/h11-13H,4-10H2,1-3H3. The van der Waals surface area contributed by atoms with E-state index in [1.165, 1.54) is 32.2 Å². The molecule has 1 aliphatic heterocycles. The van der Waals surface area contributed by atoms with Crippen molar-refractivity contribution in [2.75, 3.05) is 38.2 Å². The first-order valence-corrected chi connectivity index (χ1v) is 8.60. The Morgan fingerprint density at radius 1 is 1.35 bits per heavy atom. The second kappa shape index (κ2) is 6.71. The average Bonchev–Trinajstić information content (AvgIpc) is 2.25. The number of piperidine rings is 1. The van der Waals surface area contributed by atoms with Gasteiger partial charge in [0.2, 0.25) is 0 Å². The van der Waals surface area contributed by atoms with E-state index in [-0.39, 0.29) is 11.8 Å². The zero-order valence-electron chi connectivity index (χ0n) is 11.3. The minimum absolute atomic E-state index is 0.0641. The van der Waals surface area contributed by atoms with Crippen LogP contribution in [0.25, 0.3) is 0 Å². The molecular weight excluding hydrogens is 236 g/mol. The van der Waals surface area contributed by atoms with Gasteiger partial charge in [0.25, 0.3) is 0 Å². The summed E-state index contributed by atoms with van der Waals surface area (Å²) in [6.45, 7) is 8.61. The predicted octanol–water partition coefficient (Wildman–Crippen LogP) is 0.741. The van der Waals surface area contributed by atoms with Crippen LogP contribution >= 0.6 is 0 Å². The Morgan fingerprint density at radius 3 is 2.41 bits per heavy atom. The zero-order valence-corrected chi connectivity index (χ0v) is 12.1. The van der Waals surface area contributed by atoms with Gasteiger partial charge in [-0.25, -0.2) is 8.42 Å². The van der Waals surface area contributed by atoms with Crippen molar-refractivity contribution >= 4 is 9.84 Å². The highest BCUT2D eigenvalue weighted by Gasteiger charge is 2.19. The summed E-state index contributed by atoms with van der Waals surface area (Å²) >= 11 is 0. The van der Waals surface area contributed by atoms with Crippen molar-refractivity contribution < 1.29 is 8.42 Å². The molecule has 0 bridgehead atoms. The molecule has 4 nitrogen and oxygen atoms in total. The predicted molar refractivity (Wildman–Crippen MR) is 72.0 cm³/mol. The van der Waals surface area contributed by atoms with Crippen LogP contribution in [-0.4, -0.2) is 57.5 Å². The fourth-order valence-electron chi connectivity index (χ4n) is 2.39. The number of nitrogens with one attached hydrogen (secondary N) is 1. The Bertz CT molecular complexity index is 308. The van der Waals surface area contributed by atoms with Gasteiger partial charge in [0.05, 0.1) is 5.75 Å². The molecule has 1 N–H and O–H groups in total. The first-order valence-electron chi connectivity index (χ1n) is 6.54. The van der Waals surface area contributed by atoms with Crippen LogP contribution in [0.2, 0.25) is 0 Å². The molecule has 0 amide bonds. The summed E-state index contributed by atoms with van der Waals surface area (Å²) in [5.41, 5.74) is 0. The number of rotatable bonds is 6. The maximum atomic E-state index is 11.1. The molecule has 1 unspecified atom stereocenters. The lowest BCUT2D eigenvalue weighted by Crippen LogP contribution is -2.40. The van der Waals surface area contributed by atoms with Crippen molar-refractivity contribution in [2.45, 2.75) is 32.7 Å². The molecule has 1 fully saturated rings. The minimum atomic E-state index is -2.86. The van der Waals surface area contributed by atoms with E-state index < -0.39 is 9.84 Å². The summed E-state index contributed by atoms with van der Waals surface area (Å²) in [5, 5.41) is 3.34. The van der Waals surface area contributed by atoms with Gasteiger partial charge >= 0.3 is 0 Å². The van der Waals surface area contributed by atoms with Gasteiger partial charge in [0.1, 0.15) is 9.84 Å². The van der Waals surface area contributed by atoms with Gasteiger partial charge in [0.15, 0.2) is 0 Å². The smallest absolute Gasteiger partial charge is 0.148 e. The van der Waals surface area contributed by atoms with Gasteiger partial charge in [-0.05, 0) is 51.9 Å². The Balaban J connectivity index is 2.19. The molecule has 0 aromatic carbocycles. The van der Waals surface area contributed by atoms with Gasteiger partial charge in [0, 0.05) is 12.3 Å². The van der Waals surface area contributed by atoms with Crippen LogP contribution in [0.1, 0.15) is 26.7 Å². The molecule has 0 aliphatic carbocycles. The molecule has 1 saturated heterocycles. The van der Waals surface area contributed by atoms with E-state index in [0.717, 1.165) is 13.1 Å². The van der Waals surface area contributed by atoms with Crippen LogP contribution in [-0.2, 0) is 9.84 Å². The van der Waals surface area contributed by atoms with Crippen molar-refractivity contribution in [1.29, 1.82) is 0 Å². The summed E-state index contributed by atoms with van der Waals surface area (Å²) in [6.07, 6.45) is 3.75. The van der Waals surface area contributed by atoms with Crippen molar-refractivity contribution in [3.05, 3.63) is 0 Å². The van der Waals surface area contributed by atoms with Crippen molar-refractivity contribution in [2.24, 2.45) is 5.92 Å². The SMILES string of the molecule is CCN1CCC(CNC(C)CS(C)(=O)=O)CC1. The number of nitrogens with zero attached hydrogens (tertiary/aromatic N) is 1. The highest BCUT2D eigenvalue weighted by atomic mass is 32.2. The lowest BCUT2D eigenvalue weighted by Gasteiger charge is -2.31. The van der Waals surface area contributed by atoms with E-state index in [1.54, 1.807) is 0 Å². The molecule has 1 rings (SSSR count). The van der Waals surface area contributed by atoms with Crippen LogP contribution < -0.4 is 5.32 Å². The molecule has 0 radical (unpaired) electrons. The number of hydrogen-bond acceptors (Lipinski definition) is 4. The second-order valence-corrected chi connectivity index (χ2v) is 7.46. The molecule has 5 heteroatoms. The van der Waals surface area contributed by atoms with Crippen LogP contribution in [0, 0.1) is 5.92 Å². The van der Waals surface area contributed by atoms with Gasteiger partial charge < -0.3 is 10.2 Å². The third kappa shape index (κ3) is 6.38. The zero-order chi connectivity index (χ0) is 12.9. The average molecular weight is 262 g/mol. The quantitative estimate of drug-likeness (QED) is 0.767. The maximum Gasteiger partial charge on any atom is 0.148 e. The molecule has 0 spiro atoms. The normalized spacial score (nSPS) is 21.6. The topological polar surface area (TPSA) is 49.4 Å². The lowest BCUT2D eigenvalue weighted by atomic mass is 9.96. The van der Waals surface area contributed by atoms with Gasteiger partial charge in [-0.3, -0.25) is 0 Å². The molecular formula is C12H26N2O2S. The third-order valence-electron chi connectivity index (χ3n) is 3.46. The Hall–Kier alpha value is -0.130. The Labute approximate surface area is 106 Å². The first-order chi connectivity index (χ1) is 7.90. The summed E-state index contributed by atoms with van der Waals surface area (Å²) in [5.74, 6) is 0.945. The molecule has 102 valence electrons. The minimum Gasteiger partial charge on any atom is -0.313 e. The lowest BCUT2D eigenvalue weighted by molar-refractivity contribution is 0.188. The molecule has 1 atom stereocenters. The van der Waals surface area contributed by atoms with E-state index >= 15 is 0 Å². The van der Waals surface area contributed by atoms with Gasteiger partial charge in [-0.1, -0.05) is 6.92 Å². The number of sulfone groups is 1. The van der Waals surface area contributed by atoms with Crippen LogP contribution in [0.4, 0.5) is 0 Å². The summed E-state index contributed by atoms with van der Waals surface area (Å²) < 4.78 is 22.3. The third-order valence-corrected chi connectivity index (χ3v) is 4.57. The van der Waals surface area contributed by atoms with Gasteiger partial charge in [-0.15, -0.1) is 0 Å². The highest BCUT2D eigenvalue weighted by molar-refractivity contribution is 7.90. The van der Waals surface area contributed by atoms with E-state index in [2.05, 4.69) is 17.1 Å². The van der Waals surface area contributed by atoms with E-state index in [4.69, 9.17) is 0 Å². The number of likely N-dealkylation sites (tertiary alicyclic amines) is 1. The molecule has 0 aromatic heterocycles. The van der Waals surface area contributed by atoms with E-state index in [9.17, 15) is 8.42 Å². The molecule has 0 saturated carbocycles. The molecule has 0 aromatic rings. The molecule has 1 aliphatic rings.